The molecule has 0 radical (unpaired) electrons. The van der Waals surface area contributed by atoms with E-state index in [-0.39, 0.29) is 0 Å². The molecule has 0 fully saturated rings. The van der Waals surface area contributed by atoms with Gasteiger partial charge in [-0.15, -0.1) is 0 Å². The number of nitrogens with two attached hydrogens (primary N) is 1. The number of fused-ring (bicyclic) bond motifs is 1. The van der Waals surface area contributed by atoms with Crippen LogP contribution in [0.2, 0.25) is 0 Å². The molecule has 68 valence electrons. The zero-order valence-corrected chi connectivity index (χ0v) is 7.91. The molecule has 0 aliphatic heterocycles. The molecular weight excluding hydrogens is 162 g/mol. The van der Waals surface area contributed by atoms with Crippen molar-refractivity contribution < 1.29 is 0 Å². The second kappa shape index (κ2) is 2.76. The summed E-state index contributed by atoms with van der Waals surface area (Å²) in [4.78, 5) is 4.42. The zero-order chi connectivity index (χ0) is 9.42. The monoisotopic (exact) mass is 175 g/mol. The fraction of sp³-hybridized carbons (Fsp3) is 0.300. The molecule has 1 heterocycles. The quantitative estimate of drug-likeness (QED) is 0.673. The van der Waals surface area contributed by atoms with E-state index in [0.717, 1.165) is 29.1 Å². The zero-order valence-electron chi connectivity index (χ0n) is 7.91. The molecule has 2 N–H and O–H groups in total. The van der Waals surface area contributed by atoms with Crippen LogP contribution in [0.25, 0.3) is 11.0 Å². The normalized spacial score (nSPS) is 10.9. The fourth-order valence-corrected chi connectivity index (χ4v) is 1.68. The van der Waals surface area contributed by atoms with Crippen molar-refractivity contribution in [3.8, 4) is 0 Å². The Morgan fingerprint density at radius 3 is 2.92 bits per heavy atom. The van der Waals surface area contributed by atoms with E-state index >= 15 is 0 Å². The molecule has 0 spiro atoms. The summed E-state index contributed by atoms with van der Waals surface area (Å²) >= 11 is 0. The maximum Gasteiger partial charge on any atom is 0.112 e. The van der Waals surface area contributed by atoms with Crippen molar-refractivity contribution in [2.24, 2.45) is 0 Å². The van der Waals surface area contributed by atoms with E-state index in [1.807, 2.05) is 19.1 Å². The smallest absolute Gasteiger partial charge is 0.112 e. The van der Waals surface area contributed by atoms with Crippen molar-refractivity contribution in [1.29, 1.82) is 0 Å². The van der Waals surface area contributed by atoms with Crippen molar-refractivity contribution in [3.05, 3.63) is 24.0 Å². The van der Waals surface area contributed by atoms with Gasteiger partial charge in [-0.2, -0.15) is 0 Å². The summed E-state index contributed by atoms with van der Waals surface area (Å²) < 4.78 is 2.16. The third-order valence-corrected chi connectivity index (χ3v) is 2.32. The summed E-state index contributed by atoms with van der Waals surface area (Å²) in [6.07, 6.45) is 0. The van der Waals surface area contributed by atoms with Gasteiger partial charge in [-0.3, -0.25) is 0 Å². The molecule has 1 aromatic heterocycles. The minimum atomic E-state index is 0.757. The third kappa shape index (κ3) is 1.08. The summed E-state index contributed by atoms with van der Waals surface area (Å²) in [7, 11) is 0. The lowest BCUT2D eigenvalue weighted by Crippen LogP contribution is -1.96. The molecule has 0 amide bonds. The number of para-hydroxylation sites is 1. The molecule has 2 aromatic rings. The van der Waals surface area contributed by atoms with Crippen LogP contribution in [0.3, 0.4) is 0 Å². The summed E-state index contributed by atoms with van der Waals surface area (Å²) in [6, 6.07) is 5.90. The predicted molar refractivity (Wildman–Crippen MR) is 54.6 cm³/mol. The van der Waals surface area contributed by atoms with Crippen molar-refractivity contribution >= 4 is 16.7 Å². The van der Waals surface area contributed by atoms with Crippen molar-refractivity contribution in [1.82, 2.24) is 9.55 Å². The first-order chi connectivity index (χ1) is 6.24. The van der Waals surface area contributed by atoms with E-state index in [9.17, 15) is 0 Å². The number of benzene rings is 1. The molecule has 0 atom stereocenters. The topological polar surface area (TPSA) is 43.8 Å². The number of aryl methyl sites for hydroxylation is 2. The molecule has 0 unspecified atom stereocenters. The number of nitrogen functional groups attached to an aromatic ring is 1. The molecule has 3 nitrogen and oxygen atoms in total. The number of hydrogen-bond acceptors (Lipinski definition) is 2. The van der Waals surface area contributed by atoms with Gasteiger partial charge in [0.1, 0.15) is 11.3 Å². The number of hydrogen-bond donors (Lipinski definition) is 1. The molecule has 13 heavy (non-hydrogen) atoms. The molecule has 3 heteroatoms. The average Bonchev–Trinajstić information content (AvgIpc) is 2.43. The Labute approximate surface area is 77.2 Å². The lowest BCUT2D eigenvalue weighted by Gasteiger charge is -2.01. The van der Waals surface area contributed by atoms with E-state index in [1.54, 1.807) is 0 Å². The van der Waals surface area contributed by atoms with Crippen LogP contribution in [-0.2, 0) is 6.54 Å². The second-order valence-electron chi connectivity index (χ2n) is 3.12. The molecule has 0 saturated heterocycles. The van der Waals surface area contributed by atoms with E-state index in [4.69, 9.17) is 5.73 Å². The van der Waals surface area contributed by atoms with Gasteiger partial charge < -0.3 is 10.3 Å². The SMILES string of the molecule is CCn1c(C)nc2c(N)cccc21. The van der Waals surface area contributed by atoms with Crippen molar-refractivity contribution in [3.63, 3.8) is 0 Å². The third-order valence-electron chi connectivity index (χ3n) is 2.32. The Kier molecular flexibility index (Phi) is 1.72. The van der Waals surface area contributed by atoms with Crippen LogP contribution < -0.4 is 5.73 Å². The van der Waals surface area contributed by atoms with Crippen LogP contribution in [0.15, 0.2) is 18.2 Å². The molecule has 0 aliphatic carbocycles. The second-order valence-corrected chi connectivity index (χ2v) is 3.12. The Morgan fingerprint density at radius 2 is 2.23 bits per heavy atom. The summed E-state index contributed by atoms with van der Waals surface area (Å²) in [5, 5.41) is 0. The number of imidazole rings is 1. The highest BCUT2D eigenvalue weighted by Crippen LogP contribution is 2.20. The van der Waals surface area contributed by atoms with Crippen molar-refractivity contribution in [2.75, 3.05) is 5.73 Å². The van der Waals surface area contributed by atoms with Crippen LogP contribution >= 0.6 is 0 Å². The van der Waals surface area contributed by atoms with E-state index < -0.39 is 0 Å². The Balaban J connectivity index is 2.86. The van der Waals surface area contributed by atoms with Gasteiger partial charge in [-0.05, 0) is 26.0 Å². The van der Waals surface area contributed by atoms with E-state index in [1.165, 1.54) is 0 Å². The van der Waals surface area contributed by atoms with E-state index in [2.05, 4.69) is 22.5 Å². The van der Waals surface area contributed by atoms with Gasteiger partial charge in [-0.1, -0.05) is 6.07 Å². The highest BCUT2D eigenvalue weighted by molar-refractivity contribution is 5.87. The first kappa shape index (κ1) is 8.10. The lowest BCUT2D eigenvalue weighted by molar-refractivity contribution is 0.753. The Bertz CT molecular complexity index is 443. The van der Waals surface area contributed by atoms with Crippen LogP contribution in [0.4, 0.5) is 5.69 Å². The van der Waals surface area contributed by atoms with E-state index in [0.29, 0.717) is 0 Å². The van der Waals surface area contributed by atoms with Crippen LogP contribution in [0.5, 0.6) is 0 Å². The fourth-order valence-electron chi connectivity index (χ4n) is 1.68. The molecule has 0 saturated carbocycles. The first-order valence-corrected chi connectivity index (χ1v) is 4.45. The summed E-state index contributed by atoms with van der Waals surface area (Å²) in [6.45, 7) is 5.05. The van der Waals surface area contributed by atoms with Gasteiger partial charge in [-0.25, -0.2) is 4.98 Å². The highest BCUT2D eigenvalue weighted by atomic mass is 15.1. The Hall–Kier alpha value is -1.51. The van der Waals surface area contributed by atoms with Gasteiger partial charge in [0.25, 0.3) is 0 Å². The largest absolute Gasteiger partial charge is 0.397 e. The molecule has 0 bridgehead atoms. The molecule has 1 aromatic carbocycles. The van der Waals surface area contributed by atoms with Gasteiger partial charge in [0.15, 0.2) is 0 Å². The number of nitrogens with zero attached hydrogens (tertiary/aromatic N) is 2. The molecule has 2 rings (SSSR count). The Morgan fingerprint density at radius 1 is 1.46 bits per heavy atom. The van der Waals surface area contributed by atoms with Crippen LogP contribution in [0, 0.1) is 6.92 Å². The van der Waals surface area contributed by atoms with Gasteiger partial charge in [0.05, 0.1) is 11.2 Å². The highest BCUT2D eigenvalue weighted by Gasteiger charge is 2.06. The lowest BCUT2D eigenvalue weighted by atomic mass is 10.3. The summed E-state index contributed by atoms with van der Waals surface area (Å²) in [5.41, 5.74) is 8.62. The molecular formula is C10H13N3. The first-order valence-electron chi connectivity index (χ1n) is 4.45. The maximum absolute atomic E-state index is 5.82. The van der Waals surface area contributed by atoms with Crippen LogP contribution in [-0.4, -0.2) is 9.55 Å². The standard InChI is InChI=1S/C10H13N3/c1-3-13-7(2)12-10-8(11)5-4-6-9(10)13/h4-6H,3,11H2,1-2H3. The number of anilines is 1. The maximum atomic E-state index is 5.82. The predicted octanol–water partition coefficient (Wildman–Crippen LogP) is 1.95. The van der Waals surface area contributed by atoms with Crippen molar-refractivity contribution in [2.45, 2.75) is 20.4 Å². The average molecular weight is 175 g/mol. The van der Waals surface area contributed by atoms with Gasteiger partial charge in [0, 0.05) is 6.54 Å². The minimum Gasteiger partial charge on any atom is -0.397 e. The van der Waals surface area contributed by atoms with Gasteiger partial charge >= 0.3 is 0 Å². The van der Waals surface area contributed by atoms with Gasteiger partial charge in [0.2, 0.25) is 0 Å². The van der Waals surface area contributed by atoms with Crippen LogP contribution in [0.1, 0.15) is 12.7 Å². The number of rotatable bonds is 1. The molecule has 0 aliphatic rings. The minimum absolute atomic E-state index is 0.757. The summed E-state index contributed by atoms with van der Waals surface area (Å²) in [5.74, 6) is 1.02. The number of aromatic nitrogens is 2.